The first-order valence-electron chi connectivity index (χ1n) is 11.3. The number of aliphatic hydroxyl groups is 1. The summed E-state index contributed by atoms with van der Waals surface area (Å²) in [7, 11) is 9.67. The first-order chi connectivity index (χ1) is 17.2. The largest absolute Gasteiger partial charge is 0.507 e. The minimum Gasteiger partial charge on any atom is -0.507 e. The molecule has 36 heavy (non-hydrogen) atoms. The average molecular weight is 501 g/mol. The molecule has 1 saturated heterocycles. The highest BCUT2D eigenvalue weighted by molar-refractivity contribution is 6.46. The third kappa shape index (κ3) is 5.03. The first kappa shape index (κ1) is 26.7. The predicted octanol–water partition coefficient (Wildman–Crippen LogP) is 2.80. The number of hydrogen-bond acceptors (Lipinski definition) is 9. The zero-order chi connectivity index (χ0) is 26.6. The van der Waals surface area contributed by atoms with Crippen molar-refractivity contribution in [1.29, 1.82) is 0 Å². The minimum absolute atomic E-state index is 0.00784. The van der Waals surface area contributed by atoms with Gasteiger partial charge in [0, 0.05) is 24.2 Å². The van der Waals surface area contributed by atoms with Crippen molar-refractivity contribution >= 4 is 17.4 Å². The normalized spacial score (nSPS) is 17.0. The van der Waals surface area contributed by atoms with Gasteiger partial charge in [0.05, 0.1) is 45.6 Å². The molecule has 0 aromatic heterocycles. The van der Waals surface area contributed by atoms with Crippen molar-refractivity contribution in [2.45, 2.75) is 12.5 Å². The van der Waals surface area contributed by atoms with Gasteiger partial charge in [-0.15, -0.1) is 0 Å². The maximum Gasteiger partial charge on any atom is 0.295 e. The molecule has 0 saturated carbocycles. The Morgan fingerprint density at radius 2 is 1.58 bits per heavy atom. The summed E-state index contributed by atoms with van der Waals surface area (Å²) >= 11 is 0. The molecule has 0 bridgehead atoms. The number of Topliss-reactive ketones (excluding diaryl/α,β-unsaturated/α-hetero) is 1. The lowest BCUT2D eigenvalue weighted by atomic mass is 9.93. The molecule has 2 aromatic rings. The van der Waals surface area contributed by atoms with E-state index >= 15 is 0 Å². The summed E-state index contributed by atoms with van der Waals surface area (Å²) < 4.78 is 21.5. The molecule has 2 N–H and O–H groups in total. The zero-order valence-electron chi connectivity index (χ0n) is 21.3. The van der Waals surface area contributed by atoms with Crippen LogP contribution in [0.25, 0.3) is 5.76 Å². The Bertz CT molecular complexity index is 1170. The van der Waals surface area contributed by atoms with Crippen molar-refractivity contribution in [3.05, 3.63) is 47.0 Å². The van der Waals surface area contributed by atoms with Gasteiger partial charge in [-0.2, -0.15) is 0 Å². The highest BCUT2D eigenvalue weighted by Crippen LogP contribution is 2.47. The molecule has 0 radical (unpaired) electrons. The number of aromatic hydroxyl groups is 1. The van der Waals surface area contributed by atoms with E-state index in [9.17, 15) is 19.8 Å². The SMILES string of the molecule is COc1ccc(/C(O)=C2\C(=O)C(=O)N(CCCN(C)C)C2c2cc(OC)c(OC)cc2OC)c(O)c1. The molecule has 1 unspecified atom stereocenters. The lowest BCUT2D eigenvalue weighted by molar-refractivity contribution is -0.140. The van der Waals surface area contributed by atoms with Gasteiger partial charge in [-0.25, -0.2) is 0 Å². The number of hydrogen-bond donors (Lipinski definition) is 2. The van der Waals surface area contributed by atoms with Crippen LogP contribution in [0, 0.1) is 0 Å². The number of nitrogens with zero attached hydrogens (tertiary/aromatic N) is 2. The number of carbonyl (C=O) groups excluding carboxylic acids is 2. The summed E-state index contributed by atoms with van der Waals surface area (Å²) in [4.78, 5) is 29.9. The summed E-state index contributed by atoms with van der Waals surface area (Å²) in [6, 6.07) is 6.49. The van der Waals surface area contributed by atoms with Gasteiger partial charge < -0.3 is 39.0 Å². The second-order valence-corrected chi connectivity index (χ2v) is 8.48. The Balaban J connectivity index is 2.26. The van der Waals surface area contributed by atoms with Crippen LogP contribution in [-0.4, -0.2) is 87.3 Å². The smallest absolute Gasteiger partial charge is 0.295 e. The van der Waals surface area contributed by atoms with Crippen LogP contribution >= 0.6 is 0 Å². The van der Waals surface area contributed by atoms with Crippen molar-refractivity contribution in [2.75, 3.05) is 55.6 Å². The van der Waals surface area contributed by atoms with Gasteiger partial charge in [-0.05, 0) is 45.3 Å². The van der Waals surface area contributed by atoms with Crippen molar-refractivity contribution in [2.24, 2.45) is 0 Å². The van der Waals surface area contributed by atoms with Crippen molar-refractivity contribution < 1.29 is 38.7 Å². The summed E-state index contributed by atoms with van der Waals surface area (Å²) in [5, 5.41) is 21.8. The Hall–Kier alpha value is -3.92. The van der Waals surface area contributed by atoms with Crippen LogP contribution in [0.3, 0.4) is 0 Å². The number of amides is 1. The van der Waals surface area contributed by atoms with Gasteiger partial charge in [-0.1, -0.05) is 0 Å². The predicted molar refractivity (Wildman–Crippen MR) is 133 cm³/mol. The summed E-state index contributed by atoms with van der Waals surface area (Å²) in [6.45, 7) is 0.925. The van der Waals surface area contributed by atoms with Gasteiger partial charge in [-0.3, -0.25) is 9.59 Å². The topological polar surface area (TPSA) is 118 Å². The van der Waals surface area contributed by atoms with Crippen molar-refractivity contribution in [1.82, 2.24) is 9.80 Å². The molecular formula is C26H32N2O8. The number of phenolic OH excluding ortho intramolecular Hbond substituents is 1. The molecule has 10 heteroatoms. The highest BCUT2D eigenvalue weighted by atomic mass is 16.5. The number of ketones is 1. The minimum atomic E-state index is -0.997. The van der Waals surface area contributed by atoms with Crippen molar-refractivity contribution in [3.8, 4) is 28.7 Å². The lowest BCUT2D eigenvalue weighted by Crippen LogP contribution is -2.32. The van der Waals surface area contributed by atoms with Crippen LogP contribution < -0.4 is 18.9 Å². The fourth-order valence-corrected chi connectivity index (χ4v) is 4.24. The maximum absolute atomic E-state index is 13.3. The van der Waals surface area contributed by atoms with Crippen LogP contribution in [0.4, 0.5) is 0 Å². The standard InChI is InChI=1S/C26H32N2O8/c1-27(2)10-7-11-28-23(17-13-20(35-5)21(36-6)14-19(17)34-4)22(25(31)26(28)32)24(30)16-9-8-15(33-3)12-18(16)29/h8-9,12-14,23,29-30H,7,10-11H2,1-6H3/b24-22+. The second kappa shape index (κ2) is 11.2. The molecule has 10 nitrogen and oxygen atoms in total. The van der Waals surface area contributed by atoms with E-state index in [1.807, 2.05) is 19.0 Å². The third-order valence-electron chi connectivity index (χ3n) is 6.03. The molecule has 1 amide bonds. The van der Waals surface area contributed by atoms with Crippen LogP contribution in [-0.2, 0) is 9.59 Å². The van der Waals surface area contributed by atoms with Gasteiger partial charge in [0.1, 0.15) is 23.0 Å². The molecule has 1 aliphatic heterocycles. The number of phenols is 1. The Morgan fingerprint density at radius 1 is 0.944 bits per heavy atom. The van der Waals surface area contributed by atoms with E-state index in [0.29, 0.717) is 41.5 Å². The van der Waals surface area contributed by atoms with Gasteiger partial charge in [0.15, 0.2) is 11.5 Å². The van der Waals surface area contributed by atoms with Crippen LogP contribution in [0.15, 0.2) is 35.9 Å². The Morgan fingerprint density at radius 3 is 2.14 bits per heavy atom. The maximum atomic E-state index is 13.3. The number of carbonyl (C=O) groups is 2. The fourth-order valence-electron chi connectivity index (χ4n) is 4.24. The Labute approximate surface area is 210 Å². The number of methoxy groups -OCH3 is 4. The number of aliphatic hydroxyl groups excluding tert-OH is 1. The van der Waals surface area contributed by atoms with E-state index in [4.69, 9.17) is 18.9 Å². The lowest BCUT2D eigenvalue weighted by Gasteiger charge is -2.28. The Kier molecular flexibility index (Phi) is 8.31. The van der Waals surface area contributed by atoms with Gasteiger partial charge in [0.25, 0.3) is 11.7 Å². The van der Waals surface area contributed by atoms with Crippen LogP contribution in [0.2, 0.25) is 0 Å². The summed E-state index contributed by atoms with van der Waals surface area (Å²) in [5.41, 5.74) is 0.246. The van der Waals surface area contributed by atoms with E-state index in [-0.39, 0.29) is 23.4 Å². The molecule has 0 aliphatic carbocycles. The summed E-state index contributed by atoms with van der Waals surface area (Å²) in [6.07, 6.45) is 0.583. The molecule has 194 valence electrons. The monoisotopic (exact) mass is 500 g/mol. The first-order valence-corrected chi connectivity index (χ1v) is 11.3. The van der Waals surface area contributed by atoms with Crippen LogP contribution in [0.1, 0.15) is 23.6 Å². The van der Waals surface area contributed by atoms with E-state index in [2.05, 4.69) is 0 Å². The fraction of sp³-hybridized carbons (Fsp3) is 0.385. The molecule has 1 atom stereocenters. The second-order valence-electron chi connectivity index (χ2n) is 8.48. The van der Waals surface area contributed by atoms with E-state index < -0.39 is 23.5 Å². The average Bonchev–Trinajstić information content (AvgIpc) is 3.11. The quantitative estimate of drug-likeness (QED) is 0.288. The molecule has 1 fully saturated rings. The molecule has 1 heterocycles. The van der Waals surface area contributed by atoms with E-state index in [1.54, 1.807) is 12.1 Å². The molecular weight excluding hydrogens is 468 g/mol. The van der Waals surface area contributed by atoms with Gasteiger partial charge in [0.2, 0.25) is 0 Å². The van der Waals surface area contributed by atoms with E-state index in [0.717, 1.165) is 0 Å². The number of rotatable bonds is 10. The summed E-state index contributed by atoms with van der Waals surface area (Å²) in [5.74, 6) is -0.975. The number of benzene rings is 2. The molecule has 1 aliphatic rings. The number of likely N-dealkylation sites (tertiary alicyclic amines) is 1. The van der Waals surface area contributed by atoms with Gasteiger partial charge >= 0.3 is 0 Å². The van der Waals surface area contributed by atoms with E-state index in [1.165, 1.54) is 51.5 Å². The molecule has 2 aromatic carbocycles. The zero-order valence-corrected chi connectivity index (χ0v) is 21.3. The highest BCUT2D eigenvalue weighted by Gasteiger charge is 2.47. The van der Waals surface area contributed by atoms with Crippen LogP contribution in [0.5, 0.6) is 28.7 Å². The van der Waals surface area contributed by atoms with Crippen molar-refractivity contribution in [3.63, 3.8) is 0 Å². The third-order valence-corrected chi connectivity index (χ3v) is 6.03. The number of ether oxygens (including phenoxy) is 4. The molecule has 0 spiro atoms. The molecule has 3 rings (SSSR count).